The van der Waals surface area contributed by atoms with Crippen molar-refractivity contribution in [3.63, 3.8) is 0 Å². The highest BCUT2D eigenvalue weighted by Gasteiger charge is 2.21. The average Bonchev–Trinajstić information content (AvgIpc) is 3.05. The van der Waals surface area contributed by atoms with Gasteiger partial charge in [0.25, 0.3) is 5.91 Å². The number of ether oxygens (including phenoxy) is 2. The van der Waals surface area contributed by atoms with Gasteiger partial charge in [-0.25, -0.2) is 18.4 Å². The first-order chi connectivity index (χ1) is 15.5. The van der Waals surface area contributed by atoms with Crippen molar-refractivity contribution in [3.05, 3.63) is 70.5 Å². The van der Waals surface area contributed by atoms with E-state index in [4.69, 9.17) is 26.2 Å². The summed E-state index contributed by atoms with van der Waals surface area (Å²) in [4.78, 5) is 24.7. The predicted octanol–water partition coefficient (Wildman–Crippen LogP) is 3.20. The van der Waals surface area contributed by atoms with E-state index in [9.17, 15) is 18.0 Å². The Labute approximate surface area is 196 Å². The lowest BCUT2D eigenvalue weighted by Crippen LogP contribution is -2.21. The molecule has 0 spiro atoms. The van der Waals surface area contributed by atoms with Gasteiger partial charge in [0.05, 0.1) is 23.3 Å². The van der Waals surface area contributed by atoms with Crippen LogP contribution in [0.4, 0.5) is 5.69 Å². The number of methoxy groups -OCH3 is 1. The fourth-order valence-corrected chi connectivity index (χ4v) is 3.99. The van der Waals surface area contributed by atoms with Crippen LogP contribution in [0.3, 0.4) is 0 Å². The number of sulfonamides is 1. The summed E-state index contributed by atoms with van der Waals surface area (Å²) in [5.74, 6) is -0.680. The largest absolute Gasteiger partial charge is 0.495 e. The summed E-state index contributed by atoms with van der Waals surface area (Å²) in [5, 5.41) is 8.07. The van der Waals surface area contributed by atoms with Crippen LogP contribution < -0.4 is 15.2 Å². The molecule has 0 aliphatic carbocycles. The van der Waals surface area contributed by atoms with E-state index >= 15 is 0 Å². The van der Waals surface area contributed by atoms with Crippen molar-refractivity contribution in [2.45, 2.75) is 18.7 Å². The van der Waals surface area contributed by atoms with E-state index in [-0.39, 0.29) is 4.90 Å². The molecule has 0 bridgehead atoms. The van der Waals surface area contributed by atoms with Crippen LogP contribution in [-0.4, -0.2) is 38.6 Å². The molecule has 174 valence electrons. The number of primary sulfonamides is 1. The van der Waals surface area contributed by atoms with Crippen LogP contribution in [0.5, 0.6) is 5.75 Å². The number of carbonyl (C=O) groups is 2. The molecule has 3 aromatic rings. The van der Waals surface area contributed by atoms with E-state index in [1.54, 1.807) is 31.2 Å². The number of halogens is 1. The number of carbonyl (C=O) groups excluding carboxylic acids is 2. The standard InChI is InChI=1S/C22H22ClN3O6S/c1-13-10-18(14(2)26(13)19-11-15(23)4-9-20(19)31-3)22(28)32-12-21(27)25-16-5-7-17(8-6-16)33(24,29)30/h4-11H,12H2,1-3H3,(H,25,27)(H2,24,29,30). The lowest BCUT2D eigenvalue weighted by atomic mass is 10.2. The van der Waals surface area contributed by atoms with Crippen LogP contribution in [0.1, 0.15) is 21.7 Å². The van der Waals surface area contributed by atoms with Crippen molar-refractivity contribution in [1.82, 2.24) is 4.57 Å². The molecule has 1 aromatic heterocycles. The Kier molecular flexibility index (Phi) is 7.11. The molecule has 0 saturated heterocycles. The SMILES string of the molecule is COc1ccc(Cl)cc1-n1c(C)cc(C(=O)OCC(=O)Nc2ccc(S(N)(=O)=O)cc2)c1C. The van der Waals surface area contributed by atoms with E-state index in [1.807, 2.05) is 11.5 Å². The second-order valence-electron chi connectivity index (χ2n) is 7.13. The van der Waals surface area contributed by atoms with E-state index in [2.05, 4.69) is 5.32 Å². The van der Waals surface area contributed by atoms with Crippen LogP contribution >= 0.6 is 11.6 Å². The Balaban J connectivity index is 1.71. The summed E-state index contributed by atoms with van der Waals surface area (Å²) in [6, 6.07) is 12.1. The summed E-state index contributed by atoms with van der Waals surface area (Å²) in [6.45, 7) is 3.04. The summed E-state index contributed by atoms with van der Waals surface area (Å²) in [7, 11) is -2.29. The first-order valence-electron chi connectivity index (χ1n) is 9.64. The topological polar surface area (TPSA) is 130 Å². The van der Waals surface area contributed by atoms with Gasteiger partial charge in [-0.3, -0.25) is 4.79 Å². The molecule has 9 nitrogen and oxygen atoms in total. The molecule has 33 heavy (non-hydrogen) atoms. The molecule has 1 amide bonds. The number of hydrogen-bond donors (Lipinski definition) is 2. The zero-order valence-electron chi connectivity index (χ0n) is 18.1. The zero-order chi connectivity index (χ0) is 24.3. The normalized spacial score (nSPS) is 11.2. The monoisotopic (exact) mass is 491 g/mol. The average molecular weight is 492 g/mol. The second kappa shape index (κ2) is 9.65. The fraction of sp³-hybridized carbons (Fsp3) is 0.182. The van der Waals surface area contributed by atoms with Crippen molar-refractivity contribution in [2.24, 2.45) is 5.14 Å². The highest BCUT2D eigenvalue weighted by atomic mass is 35.5. The zero-order valence-corrected chi connectivity index (χ0v) is 19.7. The van der Waals surface area contributed by atoms with Crippen molar-refractivity contribution in [3.8, 4) is 11.4 Å². The summed E-state index contributed by atoms with van der Waals surface area (Å²) < 4.78 is 35.0. The summed E-state index contributed by atoms with van der Waals surface area (Å²) >= 11 is 6.14. The van der Waals surface area contributed by atoms with Crippen molar-refractivity contribution >= 4 is 39.2 Å². The van der Waals surface area contributed by atoms with Crippen LogP contribution in [0.2, 0.25) is 5.02 Å². The fourth-order valence-electron chi connectivity index (χ4n) is 3.31. The molecule has 3 rings (SSSR count). The number of nitrogens with two attached hydrogens (primary N) is 1. The number of aryl methyl sites for hydroxylation is 1. The minimum absolute atomic E-state index is 0.0846. The number of amides is 1. The van der Waals surface area contributed by atoms with Crippen LogP contribution in [0, 0.1) is 13.8 Å². The minimum Gasteiger partial charge on any atom is -0.495 e. The molecule has 0 saturated carbocycles. The molecule has 0 aliphatic rings. The molecule has 2 aromatic carbocycles. The Bertz CT molecular complexity index is 1320. The maximum absolute atomic E-state index is 12.6. The minimum atomic E-state index is -3.83. The predicted molar refractivity (Wildman–Crippen MR) is 124 cm³/mol. The smallest absolute Gasteiger partial charge is 0.340 e. The number of anilines is 1. The molecule has 0 atom stereocenters. The van der Waals surface area contributed by atoms with Crippen LogP contribution in [0.15, 0.2) is 53.4 Å². The number of esters is 1. The molecule has 3 N–H and O–H groups in total. The van der Waals surface area contributed by atoms with E-state index in [1.165, 1.54) is 31.4 Å². The van der Waals surface area contributed by atoms with Gasteiger partial charge in [0.15, 0.2) is 6.61 Å². The first-order valence-corrected chi connectivity index (χ1v) is 11.6. The molecule has 0 unspecified atom stereocenters. The molecule has 0 fully saturated rings. The van der Waals surface area contributed by atoms with Gasteiger partial charge in [-0.15, -0.1) is 0 Å². The van der Waals surface area contributed by atoms with Crippen molar-refractivity contribution < 1.29 is 27.5 Å². The van der Waals surface area contributed by atoms with Gasteiger partial charge in [-0.2, -0.15) is 0 Å². The lowest BCUT2D eigenvalue weighted by Gasteiger charge is -2.14. The Morgan fingerprint density at radius 1 is 1.09 bits per heavy atom. The number of aromatic nitrogens is 1. The Hall–Kier alpha value is -3.34. The third kappa shape index (κ3) is 5.54. The Morgan fingerprint density at radius 3 is 2.36 bits per heavy atom. The van der Waals surface area contributed by atoms with Crippen LogP contribution in [0.25, 0.3) is 5.69 Å². The highest BCUT2D eigenvalue weighted by Crippen LogP contribution is 2.30. The van der Waals surface area contributed by atoms with Crippen molar-refractivity contribution in [1.29, 1.82) is 0 Å². The van der Waals surface area contributed by atoms with Gasteiger partial charge in [0.1, 0.15) is 5.75 Å². The first kappa shape index (κ1) is 24.3. The molecule has 11 heteroatoms. The number of nitrogens with one attached hydrogen (secondary N) is 1. The number of rotatable bonds is 7. The van der Waals surface area contributed by atoms with Gasteiger partial charge in [0.2, 0.25) is 10.0 Å². The Morgan fingerprint density at radius 2 is 1.76 bits per heavy atom. The molecular weight excluding hydrogens is 470 g/mol. The quantitative estimate of drug-likeness (QED) is 0.488. The van der Waals surface area contributed by atoms with E-state index < -0.39 is 28.5 Å². The summed E-state index contributed by atoms with van der Waals surface area (Å²) in [5.41, 5.74) is 2.63. The lowest BCUT2D eigenvalue weighted by molar-refractivity contribution is -0.119. The number of hydrogen-bond acceptors (Lipinski definition) is 6. The van der Waals surface area contributed by atoms with Gasteiger partial charge in [-0.05, 0) is 62.4 Å². The van der Waals surface area contributed by atoms with Gasteiger partial charge in [0, 0.05) is 22.1 Å². The van der Waals surface area contributed by atoms with E-state index in [0.717, 1.165) is 5.69 Å². The van der Waals surface area contributed by atoms with E-state index in [0.29, 0.717) is 33.4 Å². The van der Waals surface area contributed by atoms with Gasteiger partial charge >= 0.3 is 5.97 Å². The van der Waals surface area contributed by atoms with Crippen molar-refractivity contribution in [2.75, 3.05) is 19.0 Å². The maximum atomic E-state index is 12.6. The number of benzene rings is 2. The molecule has 0 aliphatic heterocycles. The molecule has 1 heterocycles. The molecular formula is C22H22ClN3O6S. The maximum Gasteiger partial charge on any atom is 0.340 e. The third-order valence-corrected chi connectivity index (χ3v) is 6.00. The second-order valence-corrected chi connectivity index (χ2v) is 9.13. The van der Waals surface area contributed by atoms with Gasteiger partial charge in [-0.1, -0.05) is 11.6 Å². The van der Waals surface area contributed by atoms with Gasteiger partial charge < -0.3 is 19.4 Å². The highest BCUT2D eigenvalue weighted by molar-refractivity contribution is 7.89. The molecule has 0 radical (unpaired) electrons. The van der Waals surface area contributed by atoms with Crippen LogP contribution in [-0.2, 0) is 19.6 Å². The third-order valence-electron chi connectivity index (χ3n) is 4.83. The number of nitrogens with zero attached hydrogens (tertiary/aromatic N) is 1. The summed E-state index contributed by atoms with van der Waals surface area (Å²) in [6.07, 6.45) is 0.